The number of benzene rings is 1. The Hall–Kier alpha value is -3.33. The summed E-state index contributed by atoms with van der Waals surface area (Å²) in [6, 6.07) is 14.0. The van der Waals surface area contributed by atoms with Gasteiger partial charge in [-0.1, -0.05) is 12.1 Å². The second-order valence-corrected chi connectivity index (χ2v) is 4.56. The van der Waals surface area contributed by atoms with E-state index in [-0.39, 0.29) is 11.4 Å². The molecule has 0 bridgehead atoms. The van der Waals surface area contributed by atoms with Crippen LogP contribution in [0.5, 0.6) is 11.5 Å². The zero-order valence-corrected chi connectivity index (χ0v) is 11.7. The van der Waals surface area contributed by atoms with Crippen molar-refractivity contribution < 1.29 is 9.84 Å². The molecule has 0 aliphatic heterocycles. The number of aromatic nitrogens is 2. The van der Waals surface area contributed by atoms with Gasteiger partial charge >= 0.3 is 0 Å². The summed E-state index contributed by atoms with van der Waals surface area (Å²) in [5.41, 5.74) is 0.737. The second kappa shape index (κ2) is 5.58. The third-order valence-electron chi connectivity index (χ3n) is 3.10. The van der Waals surface area contributed by atoms with Crippen LogP contribution in [0.4, 0.5) is 11.6 Å². The zero-order chi connectivity index (χ0) is 15.5. The van der Waals surface area contributed by atoms with Crippen molar-refractivity contribution >= 4 is 22.5 Å². The van der Waals surface area contributed by atoms with Crippen LogP contribution in [0.3, 0.4) is 0 Å². The van der Waals surface area contributed by atoms with Crippen LogP contribution in [0.25, 0.3) is 10.9 Å². The third kappa shape index (κ3) is 2.60. The Balaban J connectivity index is 2.00. The van der Waals surface area contributed by atoms with E-state index >= 15 is 0 Å². The first-order valence-corrected chi connectivity index (χ1v) is 6.51. The molecule has 0 aliphatic carbocycles. The SMILES string of the molecule is COc1cc(C#N)nc(Nc2ccc3cccc(O)c3n2)c1. The van der Waals surface area contributed by atoms with Crippen molar-refractivity contribution in [2.75, 3.05) is 12.4 Å². The number of fused-ring (bicyclic) bond motifs is 1. The number of phenolic OH excluding ortho intramolecular Hbond substituents is 1. The van der Waals surface area contributed by atoms with E-state index in [1.54, 1.807) is 30.3 Å². The molecule has 0 radical (unpaired) electrons. The molecule has 2 N–H and O–H groups in total. The number of phenols is 1. The Morgan fingerprint density at radius 2 is 2.00 bits per heavy atom. The number of nitrogens with zero attached hydrogens (tertiary/aromatic N) is 3. The smallest absolute Gasteiger partial charge is 0.146 e. The average molecular weight is 292 g/mol. The van der Waals surface area contributed by atoms with E-state index in [0.29, 0.717) is 22.9 Å². The first-order valence-electron chi connectivity index (χ1n) is 6.51. The summed E-state index contributed by atoms with van der Waals surface area (Å²) < 4.78 is 5.13. The molecule has 2 heterocycles. The topological polar surface area (TPSA) is 91.1 Å². The summed E-state index contributed by atoms with van der Waals surface area (Å²) in [7, 11) is 1.52. The van der Waals surface area contributed by atoms with Crippen LogP contribution in [-0.4, -0.2) is 22.2 Å². The minimum Gasteiger partial charge on any atom is -0.506 e. The van der Waals surface area contributed by atoms with Gasteiger partial charge in [-0.05, 0) is 18.2 Å². The second-order valence-electron chi connectivity index (χ2n) is 4.56. The van der Waals surface area contributed by atoms with Crippen molar-refractivity contribution in [3.8, 4) is 17.6 Å². The quantitative estimate of drug-likeness (QED) is 0.771. The van der Waals surface area contributed by atoms with Crippen molar-refractivity contribution in [1.82, 2.24) is 9.97 Å². The number of aromatic hydroxyl groups is 1. The summed E-state index contributed by atoms with van der Waals surface area (Å²) in [4.78, 5) is 8.50. The van der Waals surface area contributed by atoms with Crippen LogP contribution in [0, 0.1) is 11.3 Å². The highest BCUT2D eigenvalue weighted by atomic mass is 16.5. The van der Waals surface area contributed by atoms with Gasteiger partial charge in [-0.15, -0.1) is 0 Å². The predicted octanol–water partition coefficient (Wildman–Crippen LogP) is 2.96. The van der Waals surface area contributed by atoms with Crippen LogP contribution >= 0.6 is 0 Å². The molecule has 0 saturated carbocycles. The maximum Gasteiger partial charge on any atom is 0.146 e. The molecule has 6 heteroatoms. The maximum atomic E-state index is 9.86. The minimum atomic E-state index is 0.109. The number of rotatable bonds is 3. The van der Waals surface area contributed by atoms with Crippen LogP contribution in [0.2, 0.25) is 0 Å². The number of para-hydroxylation sites is 1. The van der Waals surface area contributed by atoms with Gasteiger partial charge in [0.1, 0.15) is 40.4 Å². The van der Waals surface area contributed by atoms with Gasteiger partial charge in [0.25, 0.3) is 0 Å². The molecule has 0 saturated heterocycles. The number of pyridine rings is 2. The molecule has 0 aliphatic rings. The summed E-state index contributed by atoms with van der Waals surface area (Å²) in [6.07, 6.45) is 0. The third-order valence-corrected chi connectivity index (χ3v) is 3.10. The Morgan fingerprint density at radius 3 is 2.77 bits per heavy atom. The highest BCUT2D eigenvalue weighted by Gasteiger charge is 2.06. The number of methoxy groups -OCH3 is 1. The van der Waals surface area contributed by atoms with Crippen molar-refractivity contribution in [3.63, 3.8) is 0 Å². The number of nitrogens with one attached hydrogen (secondary N) is 1. The Bertz CT molecular complexity index is 887. The van der Waals surface area contributed by atoms with E-state index in [4.69, 9.17) is 10.00 Å². The standard InChI is InChI=1S/C16H12N4O2/c1-22-12-7-11(9-17)18-15(8-12)19-14-6-5-10-3-2-4-13(21)16(10)20-14/h2-8,21H,1H3,(H,18,19,20). The van der Waals surface area contributed by atoms with Gasteiger partial charge in [0.2, 0.25) is 0 Å². The normalized spacial score (nSPS) is 10.2. The lowest BCUT2D eigenvalue weighted by Crippen LogP contribution is -1.99. The largest absolute Gasteiger partial charge is 0.506 e. The first kappa shape index (κ1) is 13.6. The fraction of sp³-hybridized carbons (Fsp3) is 0.0625. The molecular formula is C16H12N4O2. The van der Waals surface area contributed by atoms with Gasteiger partial charge in [0, 0.05) is 17.5 Å². The molecule has 0 fully saturated rings. The average Bonchev–Trinajstić information content (AvgIpc) is 2.55. The predicted molar refractivity (Wildman–Crippen MR) is 82.2 cm³/mol. The van der Waals surface area contributed by atoms with Crippen LogP contribution in [0.1, 0.15) is 5.69 Å². The van der Waals surface area contributed by atoms with E-state index < -0.39 is 0 Å². The van der Waals surface area contributed by atoms with Crippen molar-refractivity contribution in [2.24, 2.45) is 0 Å². The lowest BCUT2D eigenvalue weighted by molar-refractivity contribution is 0.414. The molecular weight excluding hydrogens is 280 g/mol. The fourth-order valence-electron chi connectivity index (χ4n) is 2.08. The van der Waals surface area contributed by atoms with E-state index in [1.807, 2.05) is 18.2 Å². The van der Waals surface area contributed by atoms with E-state index in [9.17, 15) is 5.11 Å². The zero-order valence-electron chi connectivity index (χ0n) is 11.7. The molecule has 108 valence electrons. The number of hydrogen-bond acceptors (Lipinski definition) is 6. The lowest BCUT2D eigenvalue weighted by atomic mass is 10.2. The molecule has 1 aromatic carbocycles. The molecule has 3 rings (SSSR count). The van der Waals surface area contributed by atoms with Gasteiger partial charge in [-0.3, -0.25) is 0 Å². The molecule has 3 aromatic rings. The van der Waals surface area contributed by atoms with E-state index in [1.165, 1.54) is 7.11 Å². The van der Waals surface area contributed by atoms with Gasteiger partial charge in [-0.2, -0.15) is 5.26 Å². The molecule has 0 amide bonds. The molecule has 2 aromatic heterocycles. The van der Waals surface area contributed by atoms with Gasteiger partial charge in [0.15, 0.2) is 0 Å². The first-order chi connectivity index (χ1) is 10.7. The van der Waals surface area contributed by atoms with Crippen LogP contribution in [-0.2, 0) is 0 Å². The summed E-state index contributed by atoms with van der Waals surface area (Å²) >= 11 is 0. The Kier molecular flexibility index (Phi) is 3.46. The molecule has 0 atom stereocenters. The lowest BCUT2D eigenvalue weighted by Gasteiger charge is -2.08. The molecule has 0 unspecified atom stereocenters. The van der Waals surface area contributed by atoms with Crippen molar-refractivity contribution in [2.45, 2.75) is 0 Å². The molecule has 22 heavy (non-hydrogen) atoms. The highest BCUT2D eigenvalue weighted by molar-refractivity contribution is 5.85. The Morgan fingerprint density at radius 1 is 1.14 bits per heavy atom. The van der Waals surface area contributed by atoms with Gasteiger partial charge in [0.05, 0.1) is 7.11 Å². The van der Waals surface area contributed by atoms with Crippen molar-refractivity contribution in [1.29, 1.82) is 5.26 Å². The van der Waals surface area contributed by atoms with Crippen LogP contribution in [0.15, 0.2) is 42.5 Å². The number of hydrogen-bond donors (Lipinski definition) is 2. The number of anilines is 2. The van der Waals surface area contributed by atoms with Gasteiger partial charge < -0.3 is 15.2 Å². The summed E-state index contributed by atoms with van der Waals surface area (Å²) in [6.45, 7) is 0. The van der Waals surface area contributed by atoms with Crippen molar-refractivity contribution in [3.05, 3.63) is 48.2 Å². The Labute approximate surface area is 126 Å². The minimum absolute atomic E-state index is 0.109. The van der Waals surface area contributed by atoms with E-state index in [0.717, 1.165) is 5.39 Å². The summed E-state index contributed by atoms with van der Waals surface area (Å²) in [5.74, 6) is 1.59. The maximum absolute atomic E-state index is 9.86. The number of nitriles is 1. The molecule has 0 spiro atoms. The highest BCUT2D eigenvalue weighted by Crippen LogP contribution is 2.25. The fourth-order valence-corrected chi connectivity index (χ4v) is 2.08. The van der Waals surface area contributed by atoms with E-state index in [2.05, 4.69) is 15.3 Å². The molecule has 6 nitrogen and oxygen atoms in total. The van der Waals surface area contributed by atoms with Gasteiger partial charge in [-0.25, -0.2) is 9.97 Å². The van der Waals surface area contributed by atoms with Crippen LogP contribution < -0.4 is 10.1 Å². The summed E-state index contributed by atoms with van der Waals surface area (Å²) in [5, 5.41) is 22.7. The number of ether oxygens (including phenoxy) is 1. The monoisotopic (exact) mass is 292 g/mol.